The topological polar surface area (TPSA) is 128 Å². The molecule has 4 aromatic rings. The molecule has 4 rings (SSSR count). The second kappa shape index (κ2) is 12.6. The fourth-order valence-electron chi connectivity index (χ4n) is 4.60. The van der Waals surface area contributed by atoms with Gasteiger partial charge in [-0.1, -0.05) is 60.7 Å². The fraction of sp³-hybridized carbons (Fsp3) is 0.176. The molecule has 0 aliphatic carbocycles. The Hall–Kier alpha value is -5.44. The van der Waals surface area contributed by atoms with Gasteiger partial charge in [-0.25, -0.2) is 4.79 Å². The Morgan fingerprint density at radius 2 is 1.07 bits per heavy atom. The van der Waals surface area contributed by atoms with Gasteiger partial charge in [-0.2, -0.15) is 0 Å². The number of carbonyl (C=O) groups is 4. The second-order valence-corrected chi connectivity index (χ2v) is 11.1. The summed E-state index contributed by atoms with van der Waals surface area (Å²) in [5.74, 6) is -1.58. The fourth-order valence-corrected chi connectivity index (χ4v) is 4.60. The molecule has 0 atom stereocenters. The lowest BCUT2D eigenvalue weighted by Gasteiger charge is -2.34. The van der Waals surface area contributed by atoms with E-state index < -0.39 is 34.8 Å². The molecule has 0 bridgehead atoms. The van der Waals surface area contributed by atoms with Gasteiger partial charge in [0.1, 0.15) is 0 Å². The third-order valence-corrected chi connectivity index (χ3v) is 6.95. The van der Waals surface area contributed by atoms with Crippen molar-refractivity contribution in [1.29, 1.82) is 0 Å². The summed E-state index contributed by atoms with van der Waals surface area (Å²) < 4.78 is 0. The highest BCUT2D eigenvalue weighted by atomic mass is 16.4. The normalized spacial score (nSPS) is 11.3. The predicted molar refractivity (Wildman–Crippen MR) is 169 cm³/mol. The van der Waals surface area contributed by atoms with Gasteiger partial charge in [-0.05, 0) is 81.8 Å². The van der Waals surface area contributed by atoms with E-state index in [0.717, 1.165) is 0 Å². The number of hydrogen-bond acceptors (Lipinski definition) is 4. The third-order valence-electron chi connectivity index (χ3n) is 6.95. The van der Waals surface area contributed by atoms with Crippen molar-refractivity contribution in [3.05, 3.63) is 120 Å². The van der Waals surface area contributed by atoms with E-state index in [2.05, 4.69) is 16.0 Å². The highest BCUT2D eigenvalue weighted by Crippen LogP contribution is 2.32. The summed E-state index contributed by atoms with van der Waals surface area (Å²) in [6, 6.07) is 30.5. The van der Waals surface area contributed by atoms with Crippen molar-refractivity contribution in [3.63, 3.8) is 0 Å². The van der Waals surface area contributed by atoms with E-state index in [0.29, 0.717) is 28.3 Å². The van der Waals surface area contributed by atoms with E-state index in [1.54, 1.807) is 106 Å². The minimum atomic E-state index is -1.66. The zero-order chi connectivity index (χ0) is 31.2. The maximum absolute atomic E-state index is 13.7. The summed E-state index contributed by atoms with van der Waals surface area (Å²) in [5, 5.41) is 18.3. The number of benzene rings is 4. The summed E-state index contributed by atoms with van der Waals surface area (Å²) in [5.41, 5.74) is -0.0837. The number of nitrogens with zero attached hydrogens (tertiary/aromatic N) is 1. The van der Waals surface area contributed by atoms with Gasteiger partial charge < -0.3 is 21.1 Å². The number of nitrogens with one attached hydrogen (secondary N) is 3. The van der Waals surface area contributed by atoms with Gasteiger partial charge in [0.25, 0.3) is 5.91 Å². The molecule has 0 aliphatic heterocycles. The van der Waals surface area contributed by atoms with Crippen LogP contribution in [0.5, 0.6) is 0 Å². The van der Waals surface area contributed by atoms with Gasteiger partial charge in [-0.3, -0.25) is 19.3 Å². The van der Waals surface area contributed by atoms with Gasteiger partial charge in [-0.15, -0.1) is 0 Å². The summed E-state index contributed by atoms with van der Waals surface area (Å²) in [7, 11) is 0. The Kier molecular flexibility index (Phi) is 8.95. The monoisotopic (exact) mass is 578 g/mol. The molecule has 0 spiro atoms. The minimum absolute atomic E-state index is 0.255. The van der Waals surface area contributed by atoms with Crippen molar-refractivity contribution in [1.82, 2.24) is 0 Å². The average Bonchev–Trinajstić information content (AvgIpc) is 2.98. The van der Waals surface area contributed by atoms with Gasteiger partial charge in [0.05, 0.1) is 11.4 Å². The molecule has 9 nitrogen and oxygen atoms in total. The van der Waals surface area contributed by atoms with Crippen molar-refractivity contribution < 1.29 is 24.3 Å². The van der Waals surface area contributed by atoms with E-state index in [1.807, 2.05) is 12.1 Å². The number of carbonyl (C=O) groups excluding carboxylic acids is 3. The molecule has 0 aromatic heterocycles. The van der Waals surface area contributed by atoms with E-state index in [4.69, 9.17) is 0 Å². The van der Waals surface area contributed by atoms with Crippen LogP contribution in [0.15, 0.2) is 109 Å². The lowest BCUT2D eigenvalue weighted by molar-refractivity contribution is -0.131. The molecule has 9 heteroatoms. The van der Waals surface area contributed by atoms with Crippen LogP contribution in [0.4, 0.5) is 27.5 Å². The molecule has 0 unspecified atom stereocenters. The second-order valence-electron chi connectivity index (χ2n) is 11.1. The predicted octanol–water partition coefficient (Wildman–Crippen LogP) is 6.76. The summed E-state index contributed by atoms with van der Waals surface area (Å²) in [6.07, 6.45) is -1.15. The van der Waals surface area contributed by atoms with Crippen LogP contribution in [0.3, 0.4) is 0 Å². The highest BCUT2D eigenvalue weighted by Gasteiger charge is 2.43. The molecule has 220 valence electrons. The number of para-hydroxylation sites is 4. The summed E-state index contributed by atoms with van der Waals surface area (Å²) in [4.78, 5) is 53.9. The van der Waals surface area contributed by atoms with Crippen LogP contribution in [0.25, 0.3) is 0 Å². The molecule has 4 amide bonds. The highest BCUT2D eigenvalue weighted by molar-refractivity contribution is 6.19. The Labute approximate surface area is 250 Å². The number of carboxylic acid groups (broad SMARTS) is 1. The van der Waals surface area contributed by atoms with Crippen LogP contribution in [-0.2, 0) is 15.0 Å². The molecule has 43 heavy (non-hydrogen) atoms. The Morgan fingerprint density at radius 3 is 1.53 bits per heavy atom. The first-order chi connectivity index (χ1) is 20.4. The van der Waals surface area contributed by atoms with Crippen LogP contribution in [-0.4, -0.2) is 34.5 Å². The molecule has 4 aromatic carbocycles. The van der Waals surface area contributed by atoms with Crippen molar-refractivity contribution in [2.24, 2.45) is 0 Å². The largest absolute Gasteiger partial charge is 0.465 e. The number of anilines is 4. The number of hydrogen-bond donors (Lipinski definition) is 4. The molecular formula is C34H34N4O5. The lowest BCUT2D eigenvalue weighted by atomic mass is 9.80. The van der Waals surface area contributed by atoms with Crippen molar-refractivity contribution >= 4 is 46.6 Å². The standard InChI is InChI=1S/C34H34N4O5/c1-33(2,3)38(32(42)43)28-18-12-11-17-27(28)37-29(39)23-19-21-24(22-20-23)34(4,30(40)35-25-13-7-5-8-14-25)31(41)36-26-15-9-6-10-16-26/h5-22H,1-4H3,(H,35,40)(H,36,41)(H,37,39)(H,42,43). The zero-order valence-corrected chi connectivity index (χ0v) is 24.4. The van der Waals surface area contributed by atoms with E-state index >= 15 is 0 Å². The molecule has 0 saturated heterocycles. The van der Waals surface area contributed by atoms with Crippen molar-refractivity contribution in [3.8, 4) is 0 Å². The molecule has 0 saturated carbocycles. The smallest absolute Gasteiger partial charge is 0.412 e. The van der Waals surface area contributed by atoms with Crippen LogP contribution >= 0.6 is 0 Å². The Balaban J connectivity index is 1.64. The summed E-state index contributed by atoms with van der Waals surface area (Å²) >= 11 is 0. The molecule has 0 fully saturated rings. The molecule has 0 radical (unpaired) electrons. The maximum atomic E-state index is 13.7. The lowest BCUT2D eigenvalue weighted by Crippen LogP contribution is -2.47. The number of rotatable bonds is 8. The Morgan fingerprint density at radius 1 is 0.605 bits per heavy atom. The maximum Gasteiger partial charge on any atom is 0.412 e. The third kappa shape index (κ3) is 6.90. The van der Waals surface area contributed by atoms with Gasteiger partial charge in [0.2, 0.25) is 11.8 Å². The van der Waals surface area contributed by atoms with Crippen LogP contribution < -0.4 is 20.9 Å². The SMILES string of the molecule is CC(C(=O)Nc1ccccc1)(C(=O)Nc1ccccc1)c1ccc(C(=O)Nc2ccccc2N(C(=O)O)C(C)(C)C)cc1. The van der Waals surface area contributed by atoms with Crippen LogP contribution in [0.2, 0.25) is 0 Å². The first-order valence-electron chi connectivity index (χ1n) is 13.7. The van der Waals surface area contributed by atoms with Gasteiger partial charge in [0, 0.05) is 22.5 Å². The van der Waals surface area contributed by atoms with Gasteiger partial charge >= 0.3 is 6.09 Å². The number of amides is 4. The summed E-state index contributed by atoms with van der Waals surface area (Å²) in [6.45, 7) is 6.81. The average molecular weight is 579 g/mol. The molecular weight excluding hydrogens is 544 g/mol. The van der Waals surface area contributed by atoms with Crippen LogP contribution in [0.1, 0.15) is 43.6 Å². The van der Waals surface area contributed by atoms with E-state index in [9.17, 15) is 24.3 Å². The van der Waals surface area contributed by atoms with Crippen LogP contribution in [0, 0.1) is 0 Å². The van der Waals surface area contributed by atoms with Crippen molar-refractivity contribution in [2.45, 2.75) is 38.6 Å². The first kappa shape index (κ1) is 30.5. The molecule has 4 N–H and O–H groups in total. The van der Waals surface area contributed by atoms with E-state index in [-0.39, 0.29) is 5.56 Å². The van der Waals surface area contributed by atoms with Gasteiger partial charge in [0.15, 0.2) is 5.41 Å². The molecule has 0 heterocycles. The zero-order valence-electron chi connectivity index (χ0n) is 24.4. The first-order valence-corrected chi connectivity index (χ1v) is 13.7. The minimum Gasteiger partial charge on any atom is -0.465 e. The van der Waals surface area contributed by atoms with Crippen molar-refractivity contribution in [2.75, 3.05) is 20.9 Å². The quantitative estimate of drug-likeness (QED) is 0.172. The van der Waals surface area contributed by atoms with E-state index in [1.165, 1.54) is 24.0 Å². The Bertz CT molecular complexity index is 1560. The molecule has 0 aliphatic rings.